The maximum atomic E-state index is 15.8. The van der Waals surface area contributed by atoms with E-state index in [1.807, 2.05) is 6.07 Å². The number of nitrogens with one attached hydrogen (secondary N) is 3. The fourth-order valence-electron chi connectivity index (χ4n) is 6.86. The molecule has 0 unspecified atom stereocenters. The molecule has 6 nitrogen and oxygen atoms in total. The van der Waals surface area contributed by atoms with E-state index < -0.39 is 29.2 Å². The van der Waals surface area contributed by atoms with Gasteiger partial charge < -0.3 is 21.1 Å². The highest BCUT2D eigenvalue weighted by molar-refractivity contribution is 6.31. The van der Waals surface area contributed by atoms with Gasteiger partial charge in [-0.1, -0.05) is 62.2 Å². The van der Waals surface area contributed by atoms with Gasteiger partial charge in [-0.25, -0.2) is 4.39 Å². The second kappa shape index (κ2) is 10.7. The van der Waals surface area contributed by atoms with Gasteiger partial charge in [0.25, 0.3) is 0 Å². The van der Waals surface area contributed by atoms with Crippen molar-refractivity contribution in [2.24, 2.45) is 11.3 Å². The molecule has 2 amide bonds. The largest absolute Gasteiger partial charge is 0.393 e. The van der Waals surface area contributed by atoms with E-state index in [1.165, 1.54) is 6.07 Å². The minimum absolute atomic E-state index is 0.0587. The van der Waals surface area contributed by atoms with Gasteiger partial charge in [0.2, 0.25) is 11.8 Å². The lowest BCUT2D eigenvalue weighted by Gasteiger charge is -2.37. The third-order valence-corrected chi connectivity index (χ3v) is 9.13. The fourth-order valence-corrected chi connectivity index (χ4v) is 7.21. The van der Waals surface area contributed by atoms with E-state index in [4.69, 9.17) is 23.2 Å². The zero-order chi connectivity index (χ0) is 28.1. The number of hydrogen-bond acceptors (Lipinski definition) is 4. The Morgan fingerprint density at radius 1 is 1.15 bits per heavy atom. The van der Waals surface area contributed by atoms with Crippen LogP contribution in [-0.2, 0) is 15.0 Å². The minimum Gasteiger partial charge on any atom is -0.393 e. The highest BCUT2D eigenvalue weighted by Crippen LogP contribution is 2.57. The van der Waals surface area contributed by atoms with Gasteiger partial charge in [0.05, 0.1) is 17.2 Å². The molecular formula is C30H36Cl2FN3O3. The molecule has 1 spiro atoms. The first-order chi connectivity index (χ1) is 18.4. The average Bonchev–Trinajstić information content (AvgIpc) is 3.34. The van der Waals surface area contributed by atoms with Crippen LogP contribution < -0.4 is 16.0 Å². The van der Waals surface area contributed by atoms with E-state index in [1.54, 1.807) is 24.3 Å². The quantitative estimate of drug-likeness (QED) is 0.376. The van der Waals surface area contributed by atoms with Gasteiger partial charge >= 0.3 is 0 Å². The molecule has 1 saturated carbocycles. The molecule has 3 aliphatic rings. The Balaban J connectivity index is 1.61. The molecular weight excluding hydrogens is 540 g/mol. The van der Waals surface area contributed by atoms with Crippen molar-refractivity contribution in [3.63, 3.8) is 0 Å². The number of fused-ring (bicyclic) bond motifs is 2. The maximum Gasteiger partial charge on any atom is 0.237 e. The van der Waals surface area contributed by atoms with Crippen LogP contribution in [0.3, 0.4) is 0 Å². The summed E-state index contributed by atoms with van der Waals surface area (Å²) in [4.78, 5) is 28.1. The molecule has 210 valence electrons. The van der Waals surface area contributed by atoms with Gasteiger partial charge in [-0.3, -0.25) is 9.59 Å². The summed E-state index contributed by atoms with van der Waals surface area (Å²) in [7, 11) is 0. The lowest BCUT2D eigenvalue weighted by molar-refractivity contribution is -0.124. The van der Waals surface area contributed by atoms with E-state index in [0.717, 1.165) is 25.7 Å². The number of carbonyl (C=O) groups excluding carboxylic acids is 2. The first-order valence-corrected chi connectivity index (χ1v) is 14.4. The predicted octanol–water partition coefficient (Wildman–Crippen LogP) is 5.55. The Labute approximate surface area is 239 Å². The first-order valence-electron chi connectivity index (χ1n) is 13.7. The Kier molecular flexibility index (Phi) is 7.74. The smallest absolute Gasteiger partial charge is 0.237 e. The second-order valence-corrected chi connectivity index (χ2v) is 13.4. The van der Waals surface area contributed by atoms with Crippen molar-refractivity contribution in [1.82, 2.24) is 10.6 Å². The molecule has 2 aromatic carbocycles. The molecule has 4 atom stereocenters. The Hall–Kier alpha value is -2.19. The van der Waals surface area contributed by atoms with Crippen molar-refractivity contribution in [3.8, 4) is 0 Å². The lowest BCUT2D eigenvalue weighted by atomic mass is 9.62. The van der Waals surface area contributed by atoms with Crippen molar-refractivity contribution < 1.29 is 19.1 Å². The summed E-state index contributed by atoms with van der Waals surface area (Å²) in [5.41, 5.74) is 0.0222. The third kappa shape index (κ3) is 5.19. The summed E-state index contributed by atoms with van der Waals surface area (Å²) < 4.78 is 15.8. The Morgan fingerprint density at radius 3 is 2.56 bits per heavy atom. The van der Waals surface area contributed by atoms with Crippen LogP contribution in [0.2, 0.25) is 10.0 Å². The summed E-state index contributed by atoms with van der Waals surface area (Å²) in [6.45, 7) is 6.71. The highest BCUT2D eigenvalue weighted by atomic mass is 35.5. The highest BCUT2D eigenvalue weighted by Gasteiger charge is 2.66. The van der Waals surface area contributed by atoms with Gasteiger partial charge in [-0.05, 0) is 72.8 Å². The van der Waals surface area contributed by atoms with E-state index in [-0.39, 0.29) is 39.8 Å². The van der Waals surface area contributed by atoms with Crippen LogP contribution in [0, 0.1) is 17.2 Å². The van der Waals surface area contributed by atoms with Gasteiger partial charge in [-0.15, -0.1) is 0 Å². The van der Waals surface area contributed by atoms with Crippen molar-refractivity contribution in [1.29, 1.82) is 0 Å². The number of aliphatic hydroxyl groups excluding tert-OH is 1. The van der Waals surface area contributed by atoms with Gasteiger partial charge in [0.1, 0.15) is 11.2 Å². The molecule has 2 heterocycles. The monoisotopic (exact) mass is 575 g/mol. The average molecular weight is 577 g/mol. The fraction of sp³-hybridized carbons (Fsp3) is 0.533. The lowest BCUT2D eigenvalue weighted by Crippen LogP contribution is -2.49. The molecule has 39 heavy (non-hydrogen) atoms. The number of rotatable bonds is 5. The van der Waals surface area contributed by atoms with E-state index in [2.05, 4.69) is 36.7 Å². The Morgan fingerprint density at radius 2 is 1.87 bits per heavy atom. The van der Waals surface area contributed by atoms with Gasteiger partial charge in [0.15, 0.2) is 0 Å². The number of carbonyl (C=O) groups is 2. The summed E-state index contributed by atoms with van der Waals surface area (Å²) in [5, 5.41) is 19.9. The molecule has 2 aromatic rings. The van der Waals surface area contributed by atoms with Crippen LogP contribution in [0.25, 0.3) is 0 Å². The Bertz CT molecular complexity index is 1270. The molecule has 5 rings (SSSR count). The number of aliphatic hydroxyl groups is 1. The van der Waals surface area contributed by atoms with E-state index in [9.17, 15) is 14.7 Å². The van der Waals surface area contributed by atoms with Gasteiger partial charge in [-0.2, -0.15) is 0 Å². The summed E-state index contributed by atoms with van der Waals surface area (Å²) >= 11 is 12.5. The van der Waals surface area contributed by atoms with Crippen molar-refractivity contribution in [2.45, 2.75) is 82.4 Å². The molecule has 4 N–H and O–H groups in total. The number of hydrogen-bond donors (Lipinski definition) is 4. The van der Waals surface area contributed by atoms with Crippen LogP contribution in [0.15, 0.2) is 36.4 Å². The molecule has 2 fully saturated rings. The summed E-state index contributed by atoms with van der Waals surface area (Å²) in [6.07, 6.45) is 3.38. The normalized spacial score (nSPS) is 30.3. The van der Waals surface area contributed by atoms with Gasteiger partial charge in [0, 0.05) is 29.2 Å². The van der Waals surface area contributed by atoms with E-state index in [0.29, 0.717) is 29.2 Å². The van der Waals surface area contributed by atoms with Crippen LogP contribution in [0.4, 0.5) is 10.1 Å². The van der Waals surface area contributed by atoms with Crippen LogP contribution >= 0.6 is 23.2 Å². The van der Waals surface area contributed by atoms with Crippen LogP contribution in [-0.4, -0.2) is 41.7 Å². The van der Waals surface area contributed by atoms with Crippen LogP contribution in [0.5, 0.6) is 0 Å². The maximum absolute atomic E-state index is 15.8. The van der Waals surface area contributed by atoms with Crippen LogP contribution in [0.1, 0.15) is 69.9 Å². The zero-order valence-electron chi connectivity index (χ0n) is 22.5. The number of amides is 2. The van der Waals surface area contributed by atoms with Crippen molar-refractivity contribution >= 4 is 40.7 Å². The molecule has 1 aliphatic carbocycles. The van der Waals surface area contributed by atoms with E-state index >= 15 is 4.39 Å². The van der Waals surface area contributed by atoms with Crippen molar-refractivity contribution in [3.05, 3.63) is 63.4 Å². The van der Waals surface area contributed by atoms with Crippen molar-refractivity contribution in [2.75, 3.05) is 11.9 Å². The standard InChI is InChI=1S/C30H36Cl2FN3O3/c1-29(2,3)14-23-30(20-12-9-17(31)13-22(20)35-28(30)39)24(19-5-4-6-21(32)25(19)33)26(36-23)27(38)34-15-16-7-10-18(37)11-8-16/h4-6,9,12-13,16,18,23-24,26,36-37H,7-8,10-11,14-15H2,1-3H3,(H,34,38)(H,35,39)/t16-,18-,23-,24-,26+,30+/m0/s1. The predicted molar refractivity (Wildman–Crippen MR) is 152 cm³/mol. The molecule has 9 heteroatoms. The molecule has 0 bridgehead atoms. The second-order valence-electron chi connectivity index (χ2n) is 12.5. The molecule has 2 aliphatic heterocycles. The topological polar surface area (TPSA) is 90.5 Å². The molecule has 0 radical (unpaired) electrons. The number of anilines is 1. The number of benzene rings is 2. The number of halogens is 3. The third-order valence-electron chi connectivity index (χ3n) is 8.60. The SMILES string of the molecule is CC(C)(C)C[C@@H]1N[C@@H](C(=O)NC[C@H]2CC[C@H](O)CC2)[C@H](c2cccc(Cl)c2F)[C@]12C(=O)Nc1cc(Cl)ccc12. The summed E-state index contributed by atoms with van der Waals surface area (Å²) in [5.74, 6) is -1.80. The first kappa shape index (κ1) is 28.3. The molecule has 1 saturated heterocycles. The zero-order valence-corrected chi connectivity index (χ0v) is 24.0. The summed E-state index contributed by atoms with van der Waals surface area (Å²) in [6, 6.07) is 8.65. The molecule has 0 aromatic heterocycles. The minimum atomic E-state index is -1.27.